The van der Waals surface area contributed by atoms with Gasteiger partial charge in [-0.2, -0.15) is 8.78 Å². The Morgan fingerprint density at radius 1 is 1.08 bits per heavy atom. The molecule has 0 aliphatic heterocycles. The highest BCUT2D eigenvalue weighted by atomic mass is 19.3. The summed E-state index contributed by atoms with van der Waals surface area (Å²) in [5.74, 6) is 0.718. The van der Waals surface area contributed by atoms with Crippen LogP contribution in [0.4, 0.5) is 14.5 Å². The van der Waals surface area contributed by atoms with Crippen LogP contribution in [0.5, 0.6) is 11.5 Å². The summed E-state index contributed by atoms with van der Waals surface area (Å²) in [4.78, 5) is 13.9. The summed E-state index contributed by atoms with van der Waals surface area (Å²) in [7, 11) is 1.81. The maximum Gasteiger partial charge on any atom is 0.387 e. The van der Waals surface area contributed by atoms with Crippen LogP contribution in [0.3, 0.4) is 0 Å². The van der Waals surface area contributed by atoms with Crippen LogP contribution in [-0.2, 0) is 11.3 Å². The molecule has 0 fully saturated rings. The van der Waals surface area contributed by atoms with Crippen molar-refractivity contribution < 1.29 is 23.0 Å². The number of likely N-dealkylation sites (N-methyl/N-ethyl adjacent to an activating group) is 1. The van der Waals surface area contributed by atoms with E-state index in [-0.39, 0.29) is 18.2 Å². The molecule has 1 amide bonds. The highest BCUT2D eigenvalue weighted by Crippen LogP contribution is 2.17. The van der Waals surface area contributed by atoms with Crippen molar-refractivity contribution in [2.45, 2.75) is 20.1 Å². The van der Waals surface area contributed by atoms with Crippen molar-refractivity contribution in [3.8, 4) is 11.5 Å². The molecule has 2 aromatic rings. The monoisotopic (exact) mass is 364 g/mol. The van der Waals surface area contributed by atoms with E-state index in [0.717, 1.165) is 11.3 Å². The van der Waals surface area contributed by atoms with E-state index in [9.17, 15) is 13.6 Å². The van der Waals surface area contributed by atoms with E-state index in [1.165, 1.54) is 12.1 Å². The van der Waals surface area contributed by atoms with Crippen LogP contribution >= 0.6 is 0 Å². The van der Waals surface area contributed by atoms with Crippen LogP contribution in [0, 0.1) is 0 Å². The van der Waals surface area contributed by atoms with Gasteiger partial charge in [0.05, 0.1) is 13.2 Å². The fourth-order valence-corrected chi connectivity index (χ4v) is 2.39. The number of amides is 1. The average molecular weight is 364 g/mol. The van der Waals surface area contributed by atoms with Gasteiger partial charge in [0.2, 0.25) is 5.91 Å². The van der Waals surface area contributed by atoms with Gasteiger partial charge in [0.15, 0.2) is 0 Å². The van der Waals surface area contributed by atoms with Crippen LogP contribution in [0.15, 0.2) is 48.5 Å². The third-order valence-electron chi connectivity index (χ3n) is 3.46. The van der Waals surface area contributed by atoms with E-state index in [1.54, 1.807) is 43.4 Å². The van der Waals surface area contributed by atoms with Crippen LogP contribution < -0.4 is 14.8 Å². The van der Waals surface area contributed by atoms with Crippen molar-refractivity contribution in [2.24, 2.45) is 0 Å². The third-order valence-corrected chi connectivity index (χ3v) is 3.46. The number of nitrogens with one attached hydrogen (secondary N) is 1. The van der Waals surface area contributed by atoms with Gasteiger partial charge in [-0.15, -0.1) is 0 Å². The zero-order valence-corrected chi connectivity index (χ0v) is 14.7. The van der Waals surface area contributed by atoms with Gasteiger partial charge in [0.25, 0.3) is 0 Å². The molecule has 5 nitrogen and oxygen atoms in total. The highest BCUT2D eigenvalue weighted by molar-refractivity contribution is 5.92. The Balaban J connectivity index is 1.81. The predicted molar refractivity (Wildman–Crippen MR) is 95.6 cm³/mol. The minimum Gasteiger partial charge on any atom is -0.494 e. The Bertz CT molecular complexity index is 691. The van der Waals surface area contributed by atoms with Crippen molar-refractivity contribution in [3.05, 3.63) is 54.1 Å². The molecule has 0 atom stereocenters. The van der Waals surface area contributed by atoms with Crippen LogP contribution in [0.2, 0.25) is 0 Å². The fourth-order valence-electron chi connectivity index (χ4n) is 2.39. The molecule has 7 heteroatoms. The Hall–Kier alpha value is -2.67. The Morgan fingerprint density at radius 2 is 1.69 bits per heavy atom. The van der Waals surface area contributed by atoms with Crippen LogP contribution in [0.25, 0.3) is 0 Å². The average Bonchev–Trinajstić information content (AvgIpc) is 2.58. The minimum absolute atomic E-state index is 0.111. The quantitative estimate of drug-likeness (QED) is 0.736. The second-order valence-corrected chi connectivity index (χ2v) is 5.70. The molecule has 0 saturated carbocycles. The number of carbonyl (C=O) groups is 1. The lowest BCUT2D eigenvalue weighted by Gasteiger charge is -2.17. The molecule has 0 aliphatic carbocycles. The molecular weight excluding hydrogens is 342 g/mol. The highest BCUT2D eigenvalue weighted by Gasteiger charge is 2.09. The number of alkyl halides is 2. The fraction of sp³-hybridized carbons (Fsp3) is 0.316. The summed E-state index contributed by atoms with van der Waals surface area (Å²) < 4.78 is 33.9. The summed E-state index contributed by atoms with van der Waals surface area (Å²) in [6.45, 7) is 0.361. The summed E-state index contributed by atoms with van der Waals surface area (Å²) in [5.41, 5.74) is 1.59. The molecule has 0 bridgehead atoms. The Morgan fingerprint density at radius 3 is 2.27 bits per heavy atom. The van der Waals surface area contributed by atoms with E-state index >= 15 is 0 Å². The van der Waals surface area contributed by atoms with Gasteiger partial charge in [0, 0.05) is 12.2 Å². The van der Waals surface area contributed by atoms with Crippen molar-refractivity contribution in [3.63, 3.8) is 0 Å². The van der Waals surface area contributed by atoms with Gasteiger partial charge in [-0.3, -0.25) is 9.69 Å². The number of benzene rings is 2. The van der Waals surface area contributed by atoms with E-state index in [2.05, 4.69) is 10.1 Å². The Kier molecular flexibility index (Phi) is 7.35. The van der Waals surface area contributed by atoms with Gasteiger partial charge >= 0.3 is 6.61 Å². The summed E-state index contributed by atoms with van der Waals surface area (Å²) in [6.07, 6.45) is 0. The standard InChI is InChI=1S/C19H22F2N2O3/c1-3-25-16-10-6-15(7-11-16)22-18(24)13-23(2)12-14-4-8-17(9-5-14)26-19(20)21/h4-11,19H,3,12-13H2,1-2H3,(H,22,24). The molecule has 0 unspecified atom stereocenters. The predicted octanol–water partition coefficient (Wildman–Crippen LogP) is 3.76. The molecule has 0 spiro atoms. The number of nitrogens with zero attached hydrogens (tertiary/aromatic N) is 1. The molecule has 2 aromatic carbocycles. The summed E-state index contributed by atoms with van der Waals surface area (Å²) in [5, 5.41) is 2.82. The lowest BCUT2D eigenvalue weighted by molar-refractivity contribution is -0.117. The smallest absolute Gasteiger partial charge is 0.387 e. The number of hydrogen-bond acceptors (Lipinski definition) is 4. The van der Waals surface area contributed by atoms with E-state index in [0.29, 0.717) is 18.8 Å². The third kappa shape index (κ3) is 6.68. The first-order chi connectivity index (χ1) is 12.5. The van der Waals surface area contributed by atoms with Gasteiger partial charge in [-0.1, -0.05) is 12.1 Å². The summed E-state index contributed by atoms with van der Waals surface area (Å²) in [6, 6.07) is 13.5. The minimum atomic E-state index is -2.84. The first kappa shape index (κ1) is 19.7. The molecular formula is C19H22F2N2O3. The number of carbonyl (C=O) groups excluding carboxylic acids is 1. The van der Waals surface area contributed by atoms with Gasteiger partial charge < -0.3 is 14.8 Å². The van der Waals surface area contributed by atoms with E-state index in [4.69, 9.17) is 4.74 Å². The molecule has 140 valence electrons. The van der Waals surface area contributed by atoms with Crippen molar-refractivity contribution in [1.29, 1.82) is 0 Å². The number of anilines is 1. The number of hydrogen-bond donors (Lipinski definition) is 1. The zero-order chi connectivity index (χ0) is 18.9. The molecule has 0 heterocycles. The molecule has 26 heavy (non-hydrogen) atoms. The SMILES string of the molecule is CCOc1ccc(NC(=O)CN(C)Cc2ccc(OC(F)F)cc2)cc1. The molecule has 0 radical (unpaired) electrons. The van der Waals surface area contributed by atoms with E-state index in [1.807, 2.05) is 11.8 Å². The van der Waals surface area contributed by atoms with Gasteiger partial charge in [0.1, 0.15) is 11.5 Å². The first-order valence-corrected chi connectivity index (χ1v) is 8.21. The normalized spacial score (nSPS) is 10.8. The molecule has 0 saturated heterocycles. The largest absolute Gasteiger partial charge is 0.494 e. The van der Waals surface area contributed by atoms with Crippen LogP contribution in [-0.4, -0.2) is 37.6 Å². The first-order valence-electron chi connectivity index (χ1n) is 8.21. The summed E-state index contributed by atoms with van der Waals surface area (Å²) >= 11 is 0. The molecule has 0 aliphatic rings. The number of halogens is 2. The maximum absolute atomic E-state index is 12.1. The number of ether oxygens (including phenoxy) is 2. The lowest BCUT2D eigenvalue weighted by Crippen LogP contribution is -2.29. The van der Waals surface area contributed by atoms with E-state index < -0.39 is 6.61 Å². The molecule has 0 aromatic heterocycles. The topological polar surface area (TPSA) is 50.8 Å². The number of rotatable bonds is 9. The second kappa shape index (κ2) is 9.72. The van der Waals surface area contributed by atoms with Crippen molar-refractivity contribution in [1.82, 2.24) is 4.90 Å². The van der Waals surface area contributed by atoms with Crippen molar-refractivity contribution in [2.75, 3.05) is 25.5 Å². The zero-order valence-electron chi connectivity index (χ0n) is 14.7. The maximum atomic E-state index is 12.1. The van der Waals surface area contributed by atoms with Gasteiger partial charge in [-0.25, -0.2) is 0 Å². The van der Waals surface area contributed by atoms with Crippen LogP contribution in [0.1, 0.15) is 12.5 Å². The lowest BCUT2D eigenvalue weighted by atomic mass is 10.2. The molecule has 2 rings (SSSR count). The molecule has 1 N–H and O–H groups in total. The Labute approximate surface area is 151 Å². The second-order valence-electron chi connectivity index (χ2n) is 5.70. The van der Waals surface area contributed by atoms with Crippen molar-refractivity contribution >= 4 is 11.6 Å². The van der Waals surface area contributed by atoms with Gasteiger partial charge in [-0.05, 0) is 55.9 Å².